The molecule has 4 rings (SSSR count). The number of benzene rings is 2. The third-order valence-electron chi connectivity index (χ3n) is 6.64. The predicted molar refractivity (Wildman–Crippen MR) is 126 cm³/mol. The van der Waals surface area contributed by atoms with Crippen LogP contribution in [0.3, 0.4) is 0 Å². The van der Waals surface area contributed by atoms with Gasteiger partial charge in [-0.25, -0.2) is 0 Å². The van der Waals surface area contributed by atoms with E-state index < -0.39 is 24.6 Å². The number of rotatable bonds is 9. The smallest absolute Gasteiger partial charge is 0.309 e. The van der Waals surface area contributed by atoms with Gasteiger partial charge in [-0.2, -0.15) is 0 Å². The van der Waals surface area contributed by atoms with Crippen molar-refractivity contribution in [1.29, 1.82) is 0 Å². The standard InChI is InChI=1S/C26H32O10/c1-31-19-6-4-14(10-21(19)32-2)8-16-12-34-25(30)17(16)9-15-5-7-20(22(11-15)33-3)36-26-24(29)23(28)18(27)13-35-26/h4-7,10-11,16-18,23-24,26-29H,8-9,12-13H2,1-3H3/t16-,17+,18+,23-,24-,26+/m0/s1. The van der Waals surface area contributed by atoms with E-state index >= 15 is 0 Å². The van der Waals surface area contributed by atoms with Gasteiger partial charge in [-0.3, -0.25) is 4.79 Å². The van der Waals surface area contributed by atoms with Crippen molar-refractivity contribution in [3.8, 4) is 23.0 Å². The summed E-state index contributed by atoms with van der Waals surface area (Å²) < 4.78 is 32.6. The van der Waals surface area contributed by atoms with Crippen LogP contribution in [0.1, 0.15) is 11.1 Å². The van der Waals surface area contributed by atoms with Gasteiger partial charge in [-0.05, 0) is 48.2 Å². The molecule has 0 unspecified atom stereocenters. The van der Waals surface area contributed by atoms with E-state index in [9.17, 15) is 20.1 Å². The number of hydrogen-bond acceptors (Lipinski definition) is 10. The molecule has 2 heterocycles. The summed E-state index contributed by atoms with van der Waals surface area (Å²) in [5.74, 6) is 1.35. The number of carbonyl (C=O) groups is 1. The van der Waals surface area contributed by atoms with Gasteiger partial charge >= 0.3 is 5.97 Å². The molecule has 2 fully saturated rings. The van der Waals surface area contributed by atoms with Crippen molar-refractivity contribution in [2.75, 3.05) is 34.5 Å². The Morgan fingerprint density at radius 1 is 0.806 bits per heavy atom. The first kappa shape index (κ1) is 26.0. The summed E-state index contributed by atoms with van der Waals surface area (Å²) in [6.45, 7) is 0.163. The number of carbonyl (C=O) groups excluding carboxylic acids is 1. The second kappa shape index (κ2) is 11.3. The molecule has 10 heteroatoms. The first-order valence-corrected chi connectivity index (χ1v) is 11.7. The summed E-state index contributed by atoms with van der Waals surface area (Å²) in [6.07, 6.45) is -4.09. The molecule has 0 aliphatic carbocycles. The zero-order valence-electron chi connectivity index (χ0n) is 20.5. The number of cyclic esters (lactones) is 1. The molecular weight excluding hydrogens is 472 g/mol. The van der Waals surface area contributed by atoms with Crippen LogP contribution >= 0.6 is 0 Å². The van der Waals surface area contributed by atoms with Gasteiger partial charge in [0.05, 0.1) is 40.5 Å². The van der Waals surface area contributed by atoms with Gasteiger partial charge in [0.1, 0.15) is 18.3 Å². The third kappa shape index (κ3) is 5.52. The van der Waals surface area contributed by atoms with Crippen molar-refractivity contribution >= 4 is 5.97 Å². The number of aliphatic hydroxyl groups is 3. The molecule has 0 saturated carbocycles. The molecule has 0 amide bonds. The van der Waals surface area contributed by atoms with Crippen LogP contribution in [-0.2, 0) is 27.1 Å². The van der Waals surface area contributed by atoms with Crippen LogP contribution < -0.4 is 18.9 Å². The molecule has 2 aliphatic heterocycles. The van der Waals surface area contributed by atoms with Gasteiger partial charge in [0, 0.05) is 5.92 Å². The highest BCUT2D eigenvalue weighted by Gasteiger charge is 2.40. The van der Waals surface area contributed by atoms with Crippen molar-refractivity contribution in [2.24, 2.45) is 11.8 Å². The van der Waals surface area contributed by atoms with Crippen molar-refractivity contribution in [1.82, 2.24) is 0 Å². The largest absolute Gasteiger partial charge is 0.493 e. The fourth-order valence-corrected chi connectivity index (χ4v) is 4.56. The molecule has 0 bridgehead atoms. The average Bonchev–Trinajstić information content (AvgIpc) is 3.23. The lowest BCUT2D eigenvalue weighted by Crippen LogP contribution is -2.54. The number of esters is 1. The Bertz CT molecular complexity index is 1060. The van der Waals surface area contributed by atoms with Gasteiger partial charge in [0.2, 0.25) is 6.29 Å². The van der Waals surface area contributed by atoms with Gasteiger partial charge in [-0.15, -0.1) is 0 Å². The zero-order chi connectivity index (χ0) is 25.8. The van der Waals surface area contributed by atoms with Crippen molar-refractivity contribution in [3.63, 3.8) is 0 Å². The van der Waals surface area contributed by atoms with Crippen LogP contribution in [0.5, 0.6) is 23.0 Å². The predicted octanol–water partition coefficient (Wildman–Crippen LogP) is 1.10. The Kier molecular flexibility index (Phi) is 8.20. The van der Waals surface area contributed by atoms with Crippen LogP contribution in [-0.4, -0.2) is 80.4 Å². The second-order valence-corrected chi connectivity index (χ2v) is 8.95. The lowest BCUT2D eigenvalue weighted by molar-refractivity contribution is -0.242. The molecule has 2 aromatic rings. The number of aliphatic hydroxyl groups excluding tert-OH is 3. The SMILES string of the molecule is COc1ccc(C[C@H]2COC(=O)[C@@H]2Cc2ccc(O[C@H]3OC[C@@H](O)[C@H](O)[C@@H]3O)c(OC)c2)cc1OC. The van der Waals surface area contributed by atoms with Crippen molar-refractivity contribution < 1.29 is 48.5 Å². The van der Waals surface area contributed by atoms with E-state index in [2.05, 4.69) is 0 Å². The van der Waals surface area contributed by atoms with Crippen LogP contribution in [0, 0.1) is 11.8 Å². The highest BCUT2D eigenvalue weighted by atomic mass is 16.7. The van der Waals surface area contributed by atoms with Gasteiger partial charge < -0.3 is 43.7 Å². The van der Waals surface area contributed by atoms with Crippen LogP contribution in [0.2, 0.25) is 0 Å². The Morgan fingerprint density at radius 2 is 1.42 bits per heavy atom. The molecule has 196 valence electrons. The Balaban J connectivity index is 1.46. The lowest BCUT2D eigenvalue weighted by Gasteiger charge is -2.35. The third-order valence-corrected chi connectivity index (χ3v) is 6.64. The molecule has 0 spiro atoms. The maximum absolute atomic E-state index is 12.6. The summed E-state index contributed by atoms with van der Waals surface area (Å²) in [6, 6.07) is 10.9. The van der Waals surface area contributed by atoms with Crippen molar-refractivity contribution in [3.05, 3.63) is 47.5 Å². The summed E-state index contributed by atoms with van der Waals surface area (Å²) in [5.41, 5.74) is 1.86. The molecule has 0 radical (unpaired) electrons. The van der Waals surface area contributed by atoms with Gasteiger partial charge in [0.15, 0.2) is 23.0 Å². The van der Waals surface area contributed by atoms with E-state index in [4.69, 9.17) is 28.4 Å². The second-order valence-electron chi connectivity index (χ2n) is 8.95. The number of ether oxygens (including phenoxy) is 6. The highest BCUT2D eigenvalue weighted by molar-refractivity contribution is 5.75. The molecule has 2 saturated heterocycles. The molecule has 3 N–H and O–H groups in total. The molecule has 10 nitrogen and oxygen atoms in total. The molecule has 2 aliphatic rings. The number of methoxy groups -OCH3 is 3. The maximum Gasteiger partial charge on any atom is 0.309 e. The normalized spacial score (nSPS) is 27.9. The zero-order valence-corrected chi connectivity index (χ0v) is 20.5. The Morgan fingerprint density at radius 3 is 2.08 bits per heavy atom. The summed E-state index contributed by atoms with van der Waals surface area (Å²) in [4.78, 5) is 12.6. The van der Waals surface area contributed by atoms with Crippen LogP contribution in [0.25, 0.3) is 0 Å². The molecule has 0 aromatic heterocycles. The quantitative estimate of drug-likeness (QED) is 0.427. The van der Waals surface area contributed by atoms with E-state index in [1.54, 1.807) is 32.4 Å². The van der Waals surface area contributed by atoms with E-state index in [0.717, 1.165) is 11.1 Å². The first-order chi connectivity index (χ1) is 17.3. The first-order valence-electron chi connectivity index (χ1n) is 11.7. The minimum Gasteiger partial charge on any atom is -0.493 e. The van der Waals surface area contributed by atoms with E-state index in [1.165, 1.54) is 7.11 Å². The number of hydrogen-bond donors (Lipinski definition) is 3. The van der Waals surface area contributed by atoms with Crippen molar-refractivity contribution in [2.45, 2.75) is 37.4 Å². The van der Waals surface area contributed by atoms with E-state index in [-0.39, 0.29) is 24.4 Å². The Hall–Kier alpha value is -3.05. The molecule has 2 aromatic carbocycles. The molecular formula is C26H32O10. The van der Waals surface area contributed by atoms with Gasteiger partial charge in [0.25, 0.3) is 0 Å². The topological polar surface area (TPSA) is 133 Å². The van der Waals surface area contributed by atoms with Crippen LogP contribution in [0.15, 0.2) is 36.4 Å². The summed E-state index contributed by atoms with van der Waals surface area (Å²) >= 11 is 0. The van der Waals surface area contributed by atoms with E-state index in [1.807, 2.05) is 18.2 Å². The van der Waals surface area contributed by atoms with Gasteiger partial charge in [-0.1, -0.05) is 12.1 Å². The van der Waals surface area contributed by atoms with E-state index in [0.29, 0.717) is 42.4 Å². The molecule has 6 atom stereocenters. The fraction of sp³-hybridized carbons (Fsp3) is 0.500. The average molecular weight is 505 g/mol. The van der Waals surface area contributed by atoms with Crippen LogP contribution in [0.4, 0.5) is 0 Å². The highest BCUT2D eigenvalue weighted by Crippen LogP contribution is 2.35. The molecule has 36 heavy (non-hydrogen) atoms. The summed E-state index contributed by atoms with van der Waals surface area (Å²) in [7, 11) is 4.64. The minimum atomic E-state index is -1.43. The lowest BCUT2D eigenvalue weighted by atomic mass is 9.85. The monoisotopic (exact) mass is 504 g/mol. The maximum atomic E-state index is 12.6. The fourth-order valence-electron chi connectivity index (χ4n) is 4.56. The Labute approximate surface area is 209 Å². The summed E-state index contributed by atoms with van der Waals surface area (Å²) in [5, 5.41) is 29.7. The minimum absolute atomic E-state index is 0.0174.